The quantitative estimate of drug-likeness (QED) is 0.524. The van der Waals surface area contributed by atoms with Crippen LogP contribution in [0.25, 0.3) is 0 Å². The molecule has 2 nitrogen and oxygen atoms in total. The largest absolute Gasteiger partial charge is 0.351 e. The van der Waals surface area contributed by atoms with E-state index in [0.29, 0.717) is 0 Å². The van der Waals surface area contributed by atoms with Crippen LogP contribution in [0.3, 0.4) is 0 Å². The van der Waals surface area contributed by atoms with E-state index >= 15 is 0 Å². The molecule has 0 aliphatic rings. The predicted octanol–water partition coefficient (Wildman–Crippen LogP) is 3.09. The highest BCUT2D eigenvalue weighted by Gasteiger charge is 2.14. The average Bonchev–Trinajstić information content (AvgIpc) is 2.01. The van der Waals surface area contributed by atoms with E-state index < -0.39 is 0 Å². The number of amidine groups is 1. The summed E-state index contributed by atoms with van der Waals surface area (Å²) in [5, 5.41) is 2.99. The molecular formula is C11H20N2. The molecule has 13 heavy (non-hydrogen) atoms. The predicted molar refractivity (Wildman–Crippen MR) is 59.7 cm³/mol. The van der Waals surface area contributed by atoms with Crippen LogP contribution in [0.5, 0.6) is 0 Å². The Morgan fingerprint density at radius 1 is 1.46 bits per heavy atom. The molecule has 0 aromatic carbocycles. The maximum Gasteiger partial charge on any atom is 0.105 e. The van der Waals surface area contributed by atoms with Crippen molar-refractivity contribution in [2.45, 2.75) is 34.1 Å². The third-order valence-electron chi connectivity index (χ3n) is 1.74. The number of nitrogens with zero attached hydrogens (tertiary/aromatic N) is 1. The van der Waals surface area contributed by atoms with Gasteiger partial charge in [-0.3, -0.25) is 0 Å². The second-order valence-corrected chi connectivity index (χ2v) is 3.96. The van der Waals surface area contributed by atoms with Gasteiger partial charge in [-0.15, -0.1) is 0 Å². The minimum absolute atomic E-state index is 0.0310. The Hall–Kier alpha value is -1.05. The number of nitrogens with one attached hydrogen (secondary N) is 1. The maximum absolute atomic E-state index is 4.40. The number of aliphatic imine (C=N–C) groups is 1. The SMILES string of the molecule is C=CN/C(CC)=N\C(=C)C(C)(C)C. The summed E-state index contributed by atoms with van der Waals surface area (Å²) >= 11 is 0. The zero-order valence-corrected chi connectivity index (χ0v) is 9.15. The summed E-state index contributed by atoms with van der Waals surface area (Å²) in [6.45, 7) is 15.9. The smallest absolute Gasteiger partial charge is 0.105 e. The summed E-state index contributed by atoms with van der Waals surface area (Å²) in [6.07, 6.45) is 2.50. The first-order valence-corrected chi connectivity index (χ1v) is 4.56. The molecule has 0 radical (unpaired) electrons. The second kappa shape index (κ2) is 4.85. The molecule has 0 saturated heterocycles. The number of hydrogen-bond donors (Lipinski definition) is 1. The summed E-state index contributed by atoms with van der Waals surface area (Å²) in [6, 6.07) is 0. The summed E-state index contributed by atoms with van der Waals surface area (Å²) in [4.78, 5) is 4.40. The van der Waals surface area contributed by atoms with E-state index in [1.165, 1.54) is 0 Å². The molecule has 0 unspecified atom stereocenters. The van der Waals surface area contributed by atoms with Gasteiger partial charge in [0.25, 0.3) is 0 Å². The lowest BCUT2D eigenvalue weighted by Crippen LogP contribution is -2.18. The molecular weight excluding hydrogens is 160 g/mol. The van der Waals surface area contributed by atoms with Gasteiger partial charge in [-0.1, -0.05) is 40.9 Å². The van der Waals surface area contributed by atoms with Crippen LogP contribution in [0.15, 0.2) is 30.0 Å². The number of hydrogen-bond acceptors (Lipinski definition) is 1. The standard InChI is InChI=1S/C11H20N2/c1-7-10(12-8-2)13-9(3)11(4,5)6/h8H,2-3,7H2,1,4-6H3,(H,12,13). The van der Waals surface area contributed by atoms with Crippen molar-refractivity contribution in [2.75, 3.05) is 0 Å². The van der Waals surface area contributed by atoms with Crippen LogP contribution in [0, 0.1) is 5.41 Å². The zero-order valence-electron chi connectivity index (χ0n) is 9.15. The third kappa shape index (κ3) is 4.51. The van der Waals surface area contributed by atoms with Gasteiger partial charge < -0.3 is 5.32 Å². The molecule has 74 valence electrons. The Morgan fingerprint density at radius 2 is 2.00 bits per heavy atom. The van der Waals surface area contributed by atoms with E-state index in [1.54, 1.807) is 6.20 Å². The fourth-order valence-corrected chi connectivity index (χ4v) is 0.662. The number of rotatable bonds is 3. The van der Waals surface area contributed by atoms with E-state index in [4.69, 9.17) is 0 Å². The lowest BCUT2D eigenvalue weighted by Gasteiger charge is -2.18. The highest BCUT2D eigenvalue weighted by molar-refractivity contribution is 5.83. The number of allylic oxidation sites excluding steroid dienone is 1. The summed E-state index contributed by atoms with van der Waals surface area (Å²) in [7, 11) is 0. The zero-order chi connectivity index (χ0) is 10.5. The van der Waals surface area contributed by atoms with Gasteiger partial charge in [0.2, 0.25) is 0 Å². The average molecular weight is 180 g/mol. The minimum atomic E-state index is 0.0310. The first-order valence-electron chi connectivity index (χ1n) is 4.56. The van der Waals surface area contributed by atoms with Gasteiger partial charge in [0.15, 0.2) is 0 Å². The van der Waals surface area contributed by atoms with Crippen LogP contribution >= 0.6 is 0 Å². The van der Waals surface area contributed by atoms with Crippen molar-refractivity contribution >= 4 is 5.84 Å². The van der Waals surface area contributed by atoms with Crippen molar-refractivity contribution in [2.24, 2.45) is 10.4 Å². The van der Waals surface area contributed by atoms with E-state index in [9.17, 15) is 0 Å². The molecule has 0 fully saturated rings. The normalized spacial score (nSPS) is 12.5. The van der Waals surface area contributed by atoms with Gasteiger partial charge in [-0.05, 0) is 6.20 Å². The highest BCUT2D eigenvalue weighted by Crippen LogP contribution is 2.24. The van der Waals surface area contributed by atoms with Crippen LogP contribution in [-0.4, -0.2) is 5.84 Å². The van der Waals surface area contributed by atoms with Gasteiger partial charge in [-0.2, -0.15) is 0 Å². The Balaban J connectivity index is 4.51. The second-order valence-electron chi connectivity index (χ2n) is 3.96. The van der Waals surface area contributed by atoms with Crippen LogP contribution in [0.1, 0.15) is 34.1 Å². The van der Waals surface area contributed by atoms with Crippen molar-refractivity contribution in [3.63, 3.8) is 0 Å². The molecule has 0 aliphatic heterocycles. The van der Waals surface area contributed by atoms with E-state index in [0.717, 1.165) is 18.0 Å². The molecule has 0 amide bonds. The van der Waals surface area contributed by atoms with Crippen LogP contribution < -0.4 is 5.32 Å². The van der Waals surface area contributed by atoms with Crippen molar-refractivity contribution in [3.8, 4) is 0 Å². The molecule has 0 bridgehead atoms. The van der Waals surface area contributed by atoms with Crippen molar-refractivity contribution < 1.29 is 0 Å². The lowest BCUT2D eigenvalue weighted by atomic mass is 9.93. The molecule has 0 spiro atoms. The van der Waals surface area contributed by atoms with E-state index in [-0.39, 0.29) is 5.41 Å². The Labute approximate surface area is 81.5 Å². The van der Waals surface area contributed by atoms with Crippen molar-refractivity contribution in [1.29, 1.82) is 0 Å². The van der Waals surface area contributed by atoms with Crippen molar-refractivity contribution in [3.05, 3.63) is 25.1 Å². The first-order chi connectivity index (χ1) is 5.91. The van der Waals surface area contributed by atoms with Crippen LogP contribution in [-0.2, 0) is 0 Å². The lowest BCUT2D eigenvalue weighted by molar-refractivity contribution is 0.500. The van der Waals surface area contributed by atoms with Gasteiger partial charge in [-0.25, -0.2) is 4.99 Å². The molecule has 1 N–H and O–H groups in total. The highest BCUT2D eigenvalue weighted by atomic mass is 15.0. The summed E-state index contributed by atoms with van der Waals surface area (Å²) in [5.74, 6) is 0.912. The molecule has 0 aromatic rings. The Kier molecular flexibility index (Phi) is 4.46. The molecule has 0 aliphatic carbocycles. The fraction of sp³-hybridized carbons (Fsp3) is 0.545. The van der Waals surface area contributed by atoms with Gasteiger partial charge >= 0.3 is 0 Å². The molecule has 0 rings (SSSR count). The molecule has 0 atom stereocenters. The summed E-state index contributed by atoms with van der Waals surface area (Å²) < 4.78 is 0. The van der Waals surface area contributed by atoms with Crippen LogP contribution in [0.4, 0.5) is 0 Å². The monoisotopic (exact) mass is 180 g/mol. The van der Waals surface area contributed by atoms with E-state index in [2.05, 4.69) is 44.2 Å². The maximum atomic E-state index is 4.40. The van der Waals surface area contributed by atoms with Gasteiger partial charge in [0, 0.05) is 17.5 Å². The van der Waals surface area contributed by atoms with Crippen molar-refractivity contribution in [1.82, 2.24) is 5.32 Å². The molecule has 0 heterocycles. The fourth-order valence-electron chi connectivity index (χ4n) is 0.662. The Morgan fingerprint density at radius 3 is 2.31 bits per heavy atom. The third-order valence-corrected chi connectivity index (χ3v) is 1.74. The van der Waals surface area contributed by atoms with Gasteiger partial charge in [0.1, 0.15) is 5.84 Å². The topological polar surface area (TPSA) is 24.4 Å². The van der Waals surface area contributed by atoms with E-state index in [1.807, 2.05) is 6.92 Å². The van der Waals surface area contributed by atoms with Crippen LogP contribution in [0.2, 0.25) is 0 Å². The summed E-state index contributed by atoms with van der Waals surface area (Å²) in [5.41, 5.74) is 0.919. The first kappa shape index (κ1) is 11.9. The minimum Gasteiger partial charge on any atom is -0.351 e. The van der Waals surface area contributed by atoms with Gasteiger partial charge in [0.05, 0.1) is 0 Å². The molecule has 0 saturated carbocycles. The molecule has 2 heteroatoms. The molecule has 0 aromatic heterocycles. The Bertz CT molecular complexity index is 219.